The molecule has 0 aliphatic heterocycles. The minimum absolute atomic E-state index is 0.805. The molecule has 0 spiro atoms. The van der Waals surface area contributed by atoms with Crippen molar-refractivity contribution in [1.82, 2.24) is 24.1 Å². The van der Waals surface area contributed by atoms with E-state index in [1.807, 2.05) is 25.1 Å². The molecule has 0 saturated heterocycles. The Hall–Kier alpha value is -1.44. The molecule has 1 N–H and O–H groups in total. The number of imidazole rings is 1. The number of aromatic nitrogens is 4. The van der Waals surface area contributed by atoms with Crippen LogP contribution in [0.3, 0.4) is 0 Å². The summed E-state index contributed by atoms with van der Waals surface area (Å²) in [6.45, 7) is 5.89. The SMILES string of the molecule is CCCNCc1c(Sc2nc(C)ns2)nc2ccccn12. The smallest absolute Gasteiger partial charge is 0.176 e. The monoisotopic (exact) mass is 319 g/mol. The van der Waals surface area contributed by atoms with Crippen LogP contribution >= 0.6 is 23.3 Å². The molecular formula is C14H17N5S2. The van der Waals surface area contributed by atoms with Crippen LogP contribution in [0.4, 0.5) is 0 Å². The summed E-state index contributed by atoms with van der Waals surface area (Å²) in [6, 6.07) is 6.06. The van der Waals surface area contributed by atoms with Crippen LogP contribution < -0.4 is 5.32 Å². The summed E-state index contributed by atoms with van der Waals surface area (Å²) in [7, 11) is 0. The number of aryl methyl sites for hydroxylation is 1. The second kappa shape index (κ2) is 6.55. The highest BCUT2D eigenvalue weighted by atomic mass is 32.2. The Balaban J connectivity index is 1.93. The molecule has 3 rings (SSSR count). The Kier molecular flexibility index (Phi) is 4.52. The van der Waals surface area contributed by atoms with Gasteiger partial charge in [0, 0.05) is 12.7 Å². The topological polar surface area (TPSA) is 55.1 Å². The van der Waals surface area contributed by atoms with Crippen LogP contribution in [0.5, 0.6) is 0 Å². The molecule has 7 heteroatoms. The number of hydrogen-bond acceptors (Lipinski definition) is 6. The largest absolute Gasteiger partial charge is 0.311 e. The van der Waals surface area contributed by atoms with Gasteiger partial charge in [0.1, 0.15) is 16.5 Å². The summed E-state index contributed by atoms with van der Waals surface area (Å²) >= 11 is 3.02. The zero-order chi connectivity index (χ0) is 14.7. The number of nitrogens with zero attached hydrogens (tertiary/aromatic N) is 4. The van der Waals surface area contributed by atoms with Gasteiger partial charge in [0.05, 0.1) is 5.69 Å². The summed E-state index contributed by atoms with van der Waals surface area (Å²) in [6.07, 6.45) is 3.18. The number of pyridine rings is 1. The van der Waals surface area contributed by atoms with E-state index in [2.05, 4.69) is 32.2 Å². The van der Waals surface area contributed by atoms with Crippen LogP contribution in [0.1, 0.15) is 24.9 Å². The molecule has 110 valence electrons. The van der Waals surface area contributed by atoms with Crippen LogP contribution in [-0.2, 0) is 6.54 Å². The third kappa shape index (κ3) is 3.25. The second-order valence-corrected chi connectivity index (χ2v) is 6.67. The first-order valence-electron chi connectivity index (χ1n) is 6.92. The van der Waals surface area contributed by atoms with Crippen LogP contribution in [0.2, 0.25) is 0 Å². The van der Waals surface area contributed by atoms with Gasteiger partial charge < -0.3 is 9.72 Å². The molecule has 0 aliphatic carbocycles. The van der Waals surface area contributed by atoms with E-state index in [-0.39, 0.29) is 0 Å². The van der Waals surface area contributed by atoms with Crippen molar-refractivity contribution in [2.24, 2.45) is 0 Å². The van der Waals surface area contributed by atoms with E-state index in [9.17, 15) is 0 Å². The van der Waals surface area contributed by atoms with Gasteiger partial charge in [0.25, 0.3) is 0 Å². The molecule has 0 aromatic carbocycles. The van der Waals surface area contributed by atoms with Gasteiger partial charge in [-0.1, -0.05) is 13.0 Å². The summed E-state index contributed by atoms with van der Waals surface area (Å²) in [5, 5.41) is 4.46. The fraction of sp³-hybridized carbons (Fsp3) is 0.357. The maximum Gasteiger partial charge on any atom is 0.176 e. The van der Waals surface area contributed by atoms with Crippen molar-refractivity contribution in [3.05, 3.63) is 35.9 Å². The molecule has 0 aliphatic rings. The molecule has 3 aromatic rings. The van der Waals surface area contributed by atoms with Crippen LogP contribution in [0, 0.1) is 6.92 Å². The molecule has 21 heavy (non-hydrogen) atoms. The lowest BCUT2D eigenvalue weighted by Crippen LogP contribution is -2.15. The molecule has 0 fully saturated rings. The first-order chi connectivity index (χ1) is 10.3. The average molecular weight is 319 g/mol. The van der Waals surface area contributed by atoms with E-state index in [4.69, 9.17) is 4.98 Å². The zero-order valence-electron chi connectivity index (χ0n) is 12.0. The lowest BCUT2D eigenvalue weighted by molar-refractivity contribution is 0.652. The molecule has 0 bridgehead atoms. The molecule has 0 saturated carbocycles. The van der Waals surface area contributed by atoms with Crippen molar-refractivity contribution in [3.63, 3.8) is 0 Å². The Morgan fingerprint density at radius 2 is 2.24 bits per heavy atom. The third-order valence-electron chi connectivity index (χ3n) is 3.00. The normalized spacial score (nSPS) is 11.3. The number of hydrogen-bond donors (Lipinski definition) is 1. The van der Waals surface area contributed by atoms with Crippen molar-refractivity contribution in [1.29, 1.82) is 0 Å². The molecule has 5 nitrogen and oxygen atoms in total. The maximum absolute atomic E-state index is 4.72. The van der Waals surface area contributed by atoms with Crippen molar-refractivity contribution >= 4 is 28.9 Å². The van der Waals surface area contributed by atoms with Crippen LogP contribution in [-0.4, -0.2) is 25.3 Å². The van der Waals surface area contributed by atoms with E-state index in [0.717, 1.165) is 40.3 Å². The van der Waals surface area contributed by atoms with E-state index in [0.29, 0.717) is 0 Å². The summed E-state index contributed by atoms with van der Waals surface area (Å²) in [5.41, 5.74) is 2.14. The predicted octanol–water partition coefficient (Wildman–Crippen LogP) is 3.15. The van der Waals surface area contributed by atoms with Gasteiger partial charge >= 0.3 is 0 Å². The third-order valence-corrected chi connectivity index (χ3v) is 4.87. The van der Waals surface area contributed by atoms with Gasteiger partial charge in [0.15, 0.2) is 4.34 Å². The summed E-state index contributed by atoms with van der Waals surface area (Å²) in [4.78, 5) is 9.14. The first-order valence-corrected chi connectivity index (χ1v) is 8.51. The highest BCUT2D eigenvalue weighted by Crippen LogP contribution is 2.31. The van der Waals surface area contributed by atoms with Gasteiger partial charge in [0.2, 0.25) is 0 Å². The van der Waals surface area contributed by atoms with Gasteiger partial charge in [-0.05, 0) is 55.3 Å². The molecule has 0 atom stereocenters. The summed E-state index contributed by atoms with van der Waals surface area (Å²) < 4.78 is 7.31. The number of rotatable bonds is 6. The van der Waals surface area contributed by atoms with Gasteiger partial charge in [-0.25, -0.2) is 9.97 Å². The highest BCUT2D eigenvalue weighted by Gasteiger charge is 2.14. The Bertz CT molecular complexity index is 734. The molecule has 3 aromatic heterocycles. The van der Waals surface area contributed by atoms with Crippen molar-refractivity contribution in [2.45, 2.75) is 36.2 Å². The van der Waals surface area contributed by atoms with Gasteiger partial charge in [-0.3, -0.25) is 0 Å². The molecule has 0 unspecified atom stereocenters. The number of nitrogens with one attached hydrogen (secondary N) is 1. The van der Waals surface area contributed by atoms with Crippen LogP contribution in [0.15, 0.2) is 33.8 Å². The van der Waals surface area contributed by atoms with E-state index >= 15 is 0 Å². The molecular weight excluding hydrogens is 302 g/mol. The fourth-order valence-electron chi connectivity index (χ4n) is 2.05. The van der Waals surface area contributed by atoms with Gasteiger partial charge in [-0.15, -0.1) is 0 Å². The van der Waals surface area contributed by atoms with Crippen molar-refractivity contribution < 1.29 is 0 Å². The number of fused-ring (bicyclic) bond motifs is 1. The Labute approximate surface area is 132 Å². The van der Waals surface area contributed by atoms with E-state index in [1.165, 1.54) is 17.2 Å². The lowest BCUT2D eigenvalue weighted by Gasteiger charge is -2.05. The van der Waals surface area contributed by atoms with E-state index in [1.54, 1.807) is 11.8 Å². The zero-order valence-corrected chi connectivity index (χ0v) is 13.7. The Morgan fingerprint density at radius 1 is 1.33 bits per heavy atom. The molecule has 0 amide bonds. The maximum atomic E-state index is 4.72. The minimum atomic E-state index is 0.805. The lowest BCUT2D eigenvalue weighted by atomic mass is 10.4. The first kappa shape index (κ1) is 14.5. The van der Waals surface area contributed by atoms with E-state index < -0.39 is 0 Å². The minimum Gasteiger partial charge on any atom is -0.311 e. The predicted molar refractivity (Wildman–Crippen MR) is 86.0 cm³/mol. The van der Waals surface area contributed by atoms with Crippen molar-refractivity contribution in [3.8, 4) is 0 Å². The second-order valence-electron chi connectivity index (χ2n) is 4.68. The van der Waals surface area contributed by atoms with Gasteiger partial charge in [-0.2, -0.15) is 4.37 Å². The fourth-order valence-corrected chi connectivity index (χ4v) is 3.75. The average Bonchev–Trinajstić information content (AvgIpc) is 3.04. The standard InChI is InChI=1S/C14H17N5S2/c1-3-7-15-9-11-13(20-14-16-10(2)18-21-14)17-12-6-4-5-8-19(11)12/h4-6,8,15H,3,7,9H2,1-2H3. The van der Waals surface area contributed by atoms with Crippen molar-refractivity contribution in [2.75, 3.05) is 6.54 Å². The highest BCUT2D eigenvalue weighted by molar-refractivity contribution is 8.00. The summed E-state index contributed by atoms with van der Waals surface area (Å²) in [5.74, 6) is 0.817. The Morgan fingerprint density at radius 3 is 3.00 bits per heavy atom. The quantitative estimate of drug-likeness (QED) is 0.707. The van der Waals surface area contributed by atoms with Crippen LogP contribution in [0.25, 0.3) is 5.65 Å². The molecule has 3 heterocycles. The molecule has 0 radical (unpaired) electrons.